The first-order valence-corrected chi connectivity index (χ1v) is 15.3. The van der Waals surface area contributed by atoms with Crippen LogP contribution in [0.2, 0.25) is 0 Å². The van der Waals surface area contributed by atoms with Crippen molar-refractivity contribution in [2.75, 3.05) is 11.5 Å². The lowest BCUT2D eigenvalue weighted by molar-refractivity contribution is -0.132. The van der Waals surface area contributed by atoms with Crippen molar-refractivity contribution in [2.24, 2.45) is 0 Å². The summed E-state index contributed by atoms with van der Waals surface area (Å²) in [6.45, 7) is 4.57. The van der Waals surface area contributed by atoms with Gasteiger partial charge < -0.3 is 14.6 Å². The Labute approximate surface area is 262 Å². The zero-order chi connectivity index (χ0) is 31.1. The van der Waals surface area contributed by atoms with Crippen LogP contribution in [0.3, 0.4) is 0 Å². The van der Waals surface area contributed by atoms with E-state index in [0.717, 1.165) is 10.3 Å². The number of aliphatic hydroxyl groups is 1. The number of aliphatic hydroxyl groups excluding tert-OH is 1. The molecule has 4 heterocycles. The van der Waals surface area contributed by atoms with Gasteiger partial charge in [0.1, 0.15) is 29.4 Å². The molecule has 1 N–H and O–H groups in total. The number of aromatic nitrogens is 3. The highest BCUT2D eigenvalue weighted by Crippen LogP contribution is 2.45. The van der Waals surface area contributed by atoms with E-state index in [-0.39, 0.29) is 11.3 Å². The molecule has 0 radical (unpaired) electrons. The minimum Gasteiger partial charge on any atom is -0.505 e. The summed E-state index contributed by atoms with van der Waals surface area (Å²) in [4.78, 5) is 38.3. The number of aryl methyl sites for hydroxylation is 1. The van der Waals surface area contributed by atoms with E-state index in [4.69, 9.17) is 14.5 Å². The Bertz CT molecular complexity index is 2100. The number of Topliss-reactive ketones (excluding diaryl/α,β-unsaturated/α-hetero) is 1. The Balaban J connectivity index is 1.34. The minimum absolute atomic E-state index is 0.0408. The fourth-order valence-electron chi connectivity index (χ4n) is 5.61. The van der Waals surface area contributed by atoms with Crippen LogP contribution in [0.4, 0.5) is 5.13 Å². The third-order valence-electron chi connectivity index (χ3n) is 7.68. The van der Waals surface area contributed by atoms with E-state index in [1.54, 1.807) is 41.8 Å². The number of hydrogen-bond donors (Lipinski definition) is 1. The number of ketones is 1. The van der Waals surface area contributed by atoms with Gasteiger partial charge in [-0.2, -0.15) is 0 Å². The van der Waals surface area contributed by atoms with E-state index in [1.165, 1.54) is 16.2 Å². The van der Waals surface area contributed by atoms with Crippen molar-refractivity contribution in [3.8, 4) is 11.5 Å². The van der Waals surface area contributed by atoms with Crippen LogP contribution < -0.4 is 14.4 Å². The molecule has 1 amide bonds. The number of nitrogens with zero attached hydrogens (tertiary/aromatic N) is 4. The summed E-state index contributed by atoms with van der Waals surface area (Å²) in [5, 5.41) is 12.2. The van der Waals surface area contributed by atoms with Crippen molar-refractivity contribution >= 4 is 49.8 Å². The lowest BCUT2D eigenvalue weighted by Gasteiger charge is -2.23. The van der Waals surface area contributed by atoms with Gasteiger partial charge in [0.05, 0.1) is 34.1 Å². The summed E-state index contributed by atoms with van der Waals surface area (Å²) in [5.74, 6) is -0.572. The molecule has 10 heteroatoms. The largest absolute Gasteiger partial charge is 0.505 e. The smallest absolute Gasteiger partial charge is 0.301 e. The van der Waals surface area contributed by atoms with Gasteiger partial charge in [-0.15, -0.1) is 0 Å². The van der Waals surface area contributed by atoms with Crippen molar-refractivity contribution < 1.29 is 24.2 Å². The van der Waals surface area contributed by atoms with Crippen molar-refractivity contribution in [1.82, 2.24) is 14.4 Å². The number of pyridine rings is 1. The van der Waals surface area contributed by atoms with Gasteiger partial charge in [0.25, 0.3) is 5.78 Å². The molecular formula is C35H28N4O5S. The first-order valence-electron chi connectivity index (χ1n) is 14.5. The lowest BCUT2D eigenvalue weighted by Crippen LogP contribution is -2.29. The van der Waals surface area contributed by atoms with E-state index < -0.39 is 17.7 Å². The molecule has 3 aromatic heterocycles. The number of fused-ring (bicyclic) bond motifs is 2. The van der Waals surface area contributed by atoms with Crippen LogP contribution in [0.5, 0.6) is 11.5 Å². The average molecular weight is 617 g/mol. The van der Waals surface area contributed by atoms with Crippen molar-refractivity contribution in [1.29, 1.82) is 0 Å². The molecule has 1 aliphatic heterocycles. The quantitative estimate of drug-likeness (QED) is 0.113. The van der Waals surface area contributed by atoms with Gasteiger partial charge in [-0.25, -0.2) is 9.97 Å². The van der Waals surface area contributed by atoms with Crippen LogP contribution in [-0.4, -0.2) is 37.8 Å². The number of benzene rings is 3. The molecule has 9 nitrogen and oxygen atoms in total. The lowest BCUT2D eigenvalue weighted by atomic mass is 9.96. The molecule has 1 unspecified atom stereocenters. The Morgan fingerprint density at radius 2 is 1.67 bits per heavy atom. The molecule has 45 heavy (non-hydrogen) atoms. The first kappa shape index (κ1) is 28.3. The number of rotatable bonds is 8. The Morgan fingerprint density at radius 3 is 2.44 bits per heavy atom. The van der Waals surface area contributed by atoms with Crippen LogP contribution in [-0.2, 0) is 16.2 Å². The van der Waals surface area contributed by atoms with E-state index >= 15 is 0 Å². The van der Waals surface area contributed by atoms with E-state index in [9.17, 15) is 14.7 Å². The molecule has 7 rings (SSSR count). The van der Waals surface area contributed by atoms with E-state index in [0.29, 0.717) is 58.0 Å². The molecule has 1 saturated heterocycles. The SMILES string of the molecule is CCOc1ccc2nc(N3C(=O)C(=O)/C(=C(/O)c4c(C)nc5ccccn45)C3c3ccc(OCc4ccccc4)cc3)sc2c1. The van der Waals surface area contributed by atoms with Gasteiger partial charge in [0, 0.05) is 6.20 Å². The molecule has 0 saturated carbocycles. The van der Waals surface area contributed by atoms with Gasteiger partial charge in [0.2, 0.25) is 0 Å². The summed E-state index contributed by atoms with van der Waals surface area (Å²) in [6, 6.07) is 27.1. The molecule has 224 valence electrons. The minimum atomic E-state index is -0.950. The maximum absolute atomic E-state index is 13.8. The van der Waals surface area contributed by atoms with Gasteiger partial charge in [-0.1, -0.05) is 59.9 Å². The van der Waals surface area contributed by atoms with Gasteiger partial charge in [-0.3, -0.25) is 18.9 Å². The topological polar surface area (TPSA) is 106 Å². The maximum atomic E-state index is 13.8. The van der Waals surface area contributed by atoms with E-state index in [1.807, 2.05) is 73.7 Å². The number of carbonyl (C=O) groups is 2. The number of anilines is 1. The second-order valence-corrected chi connectivity index (χ2v) is 11.6. The predicted octanol–water partition coefficient (Wildman–Crippen LogP) is 6.86. The molecule has 0 bridgehead atoms. The number of imidazole rings is 1. The van der Waals surface area contributed by atoms with E-state index in [2.05, 4.69) is 4.98 Å². The summed E-state index contributed by atoms with van der Waals surface area (Å²) in [7, 11) is 0. The number of amides is 1. The van der Waals surface area contributed by atoms with Crippen LogP contribution >= 0.6 is 11.3 Å². The van der Waals surface area contributed by atoms with Crippen LogP contribution in [0.1, 0.15) is 35.5 Å². The molecule has 6 aromatic rings. The summed E-state index contributed by atoms with van der Waals surface area (Å²) >= 11 is 1.28. The Hall–Kier alpha value is -5.48. The fourth-order valence-corrected chi connectivity index (χ4v) is 6.63. The highest BCUT2D eigenvalue weighted by Gasteiger charge is 2.48. The van der Waals surface area contributed by atoms with Crippen LogP contribution in [0, 0.1) is 6.92 Å². The summed E-state index contributed by atoms with van der Waals surface area (Å²) in [5.41, 5.74) is 3.75. The second-order valence-electron chi connectivity index (χ2n) is 10.5. The first-order chi connectivity index (χ1) is 21.9. The molecule has 3 aromatic carbocycles. The molecular weight excluding hydrogens is 588 g/mol. The fraction of sp³-hybridized carbons (Fsp3) is 0.143. The summed E-state index contributed by atoms with van der Waals surface area (Å²) < 4.78 is 14.2. The number of thiazole rings is 1. The average Bonchev–Trinajstić information content (AvgIpc) is 3.71. The van der Waals surface area contributed by atoms with Gasteiger partial charge in [-0.05, 0) is 67.4 Å². The normalized spacial score (nSPS) is 16.1. The number of hydrogen-bond acceptors (Lipinski definition) is 8. The third-order valence-corrected chi connectivity index (χ3v) is 8.70. The molecule has 1 aliphatic rings. The predicted molar refractivity (Wildman–Crippen MR) is 173 cm³/mol. The van der Waals surface area contributed by atoms with Crippen LogP contribution in [0.25, 0.3) is 21.6 Å². The second kappa shape index (κ2) is 11.5. The van der Waals surface area contributed by atoms with Crippen molar-refractivity contribution in [3.05, 3.63) is 125 Å². The Morgan fingerprint density at radius 1 is 0.911 bits per heavy atom. The van der Waals surface area contributed by atoms with Gasteiger partial charge >= 0.3 is 5.91 Å². The van der Waals surface area contributed by atoms with Crippen molar-refractivity contribution in [3.63, 3.8) is 0 Å². The third kappa shape index (κ3) is 5.08. The molecule has 1 atom stereocenters. The zero-order valence-electron chi connectivity index (χ0n) is 24.5. The zero-order valence-corrected chi connectivity index (χ0v) is 25.3. The number of ether oxygens (including phenoxy) is 2. The Kier molecular flexibility index (Phi) is 7.26. The molecule has 0 aliphatic carbocycles. The summed E-state index contributed by atoms with van der Waals surface area (Å²) in [6.07, 6.45) is 1.76. The van der Waals surface area contributed by atoms with Crippen LogP contribution in [0.15, 0.2) is 103 Å². The number of carbonyl (C=O) groups excluding carboxylic acids is 2. The monoisotopic (exact) mass is 616 g/mol. The van der Waals surface area contributed by atoms with Crippen molar-refractivity contribution in [2.45, 2.75) is 26.5 Å². The molecule has 0 spiro atoms. The highest BCUT2D eigenvalue weighted by molar-refractivity contribution is 7.22. The molecule has 1 fully saturated rings. The standard InChI is InChI=1S/C35H28N4O5S/c1-3-43-25-16-17-26-27(19-25)45-35(37-26)39-31(23-12-14-24(15-13-23)44-20-22-9-5-4-6-10-22)29(33(41)34(39)42)32(40)30-21(2)36-28-11-7-8-18-38(28)30/h4-19,31,40H,3,20H2,1-2H3/b32-29+. The highest BCUT2D eigenvalue weighted by atomic mass is 32.1. The van der Waals surface area contributed by atoms with Gasteiger partial charge in [0.15, 0.2) is 10.9 Å². The maximum Gasteiger partial charge on any atom is 0.301 e.